The predicted molar refractivity (Wildman–Crippen MR) is 77.1 cm³/mol. The first-order valence-corrected chi connectivity index (χ1v) is 8.15. The molecule has 1 aromatic rings. The van der Waals surface area contributed by atoms with Gasteiger partial charge in [-0.3, -0.25) is 0 Å². The lowest BCUT2D eigenvalue weighted by Gasteiger charge is -2.32. The molecule has 1 aromatic carbocycles. The number of morpholine rings is 1. The molecule has 1 fully saturated rings. The summed E-state index contributed by atoms with van der Waals surface area (Å²) in [6.07, 6.45) is 0. The van der Waals surface area contributed by atoms with Gasteiger partial charge in [0, 0.05) is 24.3 Å². The van der Waals surface area contributed by atoms with Gasteiger partial charge in [0.1, 0.15) is 12.4 Å². The molecular weight excluding hydrogens is 280 g/mol. The van der Waals surface area contributed by atoms with Gasteiger partial charge in [0.2, 0.25) is 10.0 Å². The summed E-state index contributed by atoms with van der Waals surface area (Å²) in [4.78, 5) is 0. The minimum absolute atomic E-state index is 0.0495. The van der Waals surface area contributed by atoms with Gasteiger partial charge in [-0.15, -0.1) is 0 Å². The zero-order valence-electron chi connectivity index (χ0n) is 11.5. The second-order valence-electron chi connectivity index (χ2n) is 4.77. The van der Waals surface area contributed by atoms with E-state index in [-0.39, 0.29) is 18.4 Å². The van der Waals surface area contributed by atoms with E-state index in [2.05, 4.69) is 0 Å². The molecule has 7 heteroatoms. The van der Waals surface area contributed by atoms with E-state index in [0.717, 1.165) is 0 Å². The first-order valence-electron chi connectivity index (χ1n) is 6.54. The van der Waals surface area contributed by atoms with Gasteiger partial charge in [0.25, 0.3) is 0 Å². The Labute approximate surface area is 119 Å². The molecule has 0 saturated carbocycles. The molecule has 0 radical (unpaired) electrons. The molecule has 2 rings (SSSR count). The van der Waals surface area contributed by atoms with E-state index in [4.69, 9.17) is 15.2 Å². The highest BCUT2D eigenvalue weighted by molar-refractivity contribution is 7.89. The molecule has 0 spiro atoms. The van der Waals surface area contributed by atoms with Crippen molar-refractivity contribution >= 4 is 15.7 Å². The van der Waals surface area contributed by atoms with Crippen LogP contribution in [0.3, 0.4) is 0 Å². The molecule has 0 aromatic heterocycles. The van der Waals surface area contributed by atoms with Gasteiger partial charge >= 0.3 is 0 Å². The van der Waals surface area contributed by atoms with Crippen molar-refractivity contribution in [3.63, 3.8) is 0 Å². The third-order valence-electron chi connectivity index (χ3n) is 3.13. The number of nitrogens with two attached hydrogens (primary N) is 1. The summed E-state index contributed by atoms with van der Waals surface area (Å²) in [5.41, 5.74) is 6.22. The molecule has 112 valence electrons. The molecule has 0 bridgehead atoms. The van der Waals surface area contributed by atoms with Crippen LogP contribution in [0.2, 0.25) is 0 Å². The Morgan fingerprint density at radius 3 is 3.00 bits per heavy atom. The van der Waals surface area contributed by atoms with Gasteiger partial charge in [0.05, 0.1) is 19.0 Å². The molecular formula is C13H20N2O4S. The Kier molecular flexibility index (Phi) is 4.85. The molecule has 1 atom stereocenters. The van der Waals surface area contributed by atoms with Gasteiger partial charge < -0.3 is 15.2 Å². The maximum atomic E-state index is 12.2. The van der Waals surface area contributed by atoms with Crippen molar-refractivity contribution in [2.24, 2.45) is 0 Å². The zero-order chi connectivity index (χ0) is 14.6. The average molecular weight is 300 g/mol. The maximum Gasteiger partial charge on any atom is 0.217 e. The first-order chi connectivity index (χ1) is 9.49. The zero-order valence-corrected chi connectivity index (χ0v) is 12.3. The topological polar surface area (TPSA) is 81.9 Å². The van der Waals surface area contributed by atoms with Crippen LogP contribution in [0.4, 0.5) is 5.69 Å². The van der Waals surface area contributed by atoms with Crippen LogP contribution in [0.5, 0.6) is 5.75 Å². The van der Waals surface area contributed by atoms with Crippen LogP contribution in [-0.2, 0) is 14.8 Å². The van der Waals surface area contributed by atoms with E-state index in [1.165, 1.54) is 4.31 Å². The lowest BCUT2D eigenvalue weighted by molar-refractivity contribution is 0.0391. The number of sulfonamides is 1. The maximum absolute atomic E-state index is 12.2. The summed E-state index contributed by atoms with van der Waals surface area (Å²) in [6.45, 7) is 3.24. The molecule has 2 N–H and O–H groups in total. The molecule has 1 aliphatic rings. The highest BCUT2D eigenvalue weighted by atomic mass is 32.2. The number of rotatable bonds is 5. The van der Waals surface area contributed by atoms with Crippen LogP contribution >= 0.6 is 0 Å². The standard InChI is InChI=1S/C13H20N2O4S/c1-11-10-18-6-5-15(11)20(16,17)8-7-19-13-4-2-3-12(14)9-13/h2-4,9,11H,5-8,10,14H2,1H3/t11-/m1/s1. The molecule has 0 unspecified atom stereocenters. The van der Waals surface area contributed by atoms with E-state index >= 15 is 0 Å². The number of nitrogens with zero attached hydrogens (tertiary/aromatic N) is 1. The minimum atomic E-state index is -3.32. The summed E-state index contributed by atoms with van der Waals surface area (Å²) in [7, 11) is -3.32. The fourth-order valence-electron chi connectivity index (χ4n) is 2.11. The highest BCUT2D eigenvalue weighted by Crippen LogP contribution is 2.16. The van der Waals surface area contributed by atoms with Crippen LogP contribution < -0.4 is 10.5 Å². The van der Waals surface area contributed by atoms with Crippen molar-refractivity contribution in [3.8, 4) is 5.75 Å². The second-order valence-corrected chi connectivity index (χ2v) is 6.81. The molecule has 1 heterocycles. The van der Waals surface area contributed by atoms with E-state index < -0.39 is 10.0 Å². The van der Waals surface area contributed by atoms with Crippen LogP contribution in [0.1, 0.15) is 6.92 Å². The number of hydrogen-bond donors (Lipinski definition) is 1. The van der Waals surface area contributed by atoms with Crippen LogP contribution in [0.15, 0.2) is 24.3 Å². The molecule has 0 aliphatic carbocycles. The van der Waals surface area contributed by atoms with E-state index in [9.17, 15) is 8.42 Å². The van der Waals surface area contributed by atoms with Crippen molar-refractivity contribution in [2.45, 2.75) is 13.0 Å². The monoisotopic (exact) mass is 300 g/mol. The Balaban J connectivity index is 1.89. The lowest BCUT2D eigenvalue weighted by atomic mass is 10.3. The van der Waals surface area contributed by atoms with Gasteiger partial charge in [0.15, 0.2) is 0 Å². The van der Waals surface area contributed by atoms with Crippen molar-refractivity contribution in [3.05, 3.63) is 24.3 Å². The largest absolute Gasteiger partial charge is 0.492 e. The third-order valence-corrected chi connectivity index (χ3v) is 5.07. The van der Waals surface area contributed by atoms with Gasteiger partial charge in [-0.1, -0.05) is 6.07 Å². The normalized spacial score (nSPS) is 20.8. The summed E-state index contributed by atoms with van der Waals surface area (Å²) >= 11 is 0. The van der Waals surface area contributed by atoms with Gasteiger partial charge in [-0.05, 0) is 19.1 Å². The van der Waals surface area contributed by atoms with Gasteiger partial charge in [-0.25, -0.2) is 8.42 Å². The fourth-order valence-corrected chi connectivity index (χ4v) is 3.60. The number of anilines is 1. The Morgan fingerprint density at radius 1 is 1.50 bits per heavy atom. The van der Waals surface area contributed by atoms with Crippen molar-refractivity contribution in [2.75, 3.05) is 37.9 Å². The predicted octanol–water partition coefficient (Wildman–Crippen LogP) is 0.698. The molecule has 1 aliphatic heterocycles. The number of benzene rings is 1. The Bertz CT molecular complexity index is 547. The van der Waals surface area contributed by atoms with E-state index in [1.54, 1.807) is 24.3 Å². The van der Waals surface area contributed by atoms with E-state index in [0.29, 0.717) is 31.2 Å². The highest BCUT2D eigenvalue weighted by Gasteiger charge is 2.29. The SMILES string of the molecule is C[C@@H]1COCCN1S(=O)(=O)CCOc1cccc(N)c1. The number of hydrogen-bond acceptors (Lipinski definition) is 5. The van der Waals surface area contributed by atoms with Crippen molar-refractivity contribution < 1.29 is 17.9 Å². The summed E-state index contributed by atoms with van der Waals surface area (Å²) in [6, 6.07) is 6.81. The smallest absolute Gasteiger partial charge is 0.217 e. The van der Waals surface area contributed by atoms with Crippen molar-refractivity contribution in [1.82, 2.24) is 4.31 Å². The second kappa shape index (κ2) is 6.43. The lowest BCUT2D eigenvalue weighted by Crippen LogP contribution is -2.48. The fraction of sp³-hybridized carbons (Fsp3) is 0.538. The number of nitrogen functional groups attached to an aromatic ring is 1. The third kappa shape index (κ3) is 3.84. The summed E-state index contributed by atoms with van der Waals surface area (Å²) in [5.74, 6) is 0.529. The molecule has 20 heavy (non-hydrogen) atoms. The van der Waals surface area contributed by atoms with Crippen LogP contribution in [-0.4, -0.2) is 50.9 Å². The van der Waals surface area contributed by atoms with Gasteiger partial charge in [-0.2, -0.15) is 4.31 Å². The molecule has 1 saturated heterocycles. The number of ether oxygens (including phenoxy) is 2. The Hall–Kier alpha value is -1.31. The molecule has 0 amide bonds. The Morgan fingerprint density at radius 2 is 2.30 bits per heavy atom. The summed E-state index contributed by atoms with van der Waals surface area (Å²) < 4.78 is 36.6. The summed E-state index contributed by atoms with van der Waals surface area (Å²) in [5, 5.41) is 0. The van der Waals surface area contributed by atoms with Crippen LogP contribution in [0, 0.1) is 0 Å². The van der Waals surface area contributed by atoms with Crippen LogP contribution in [0.25, 0.3) is 0 Å². The van der Waals surface area contributed by atoms with Crippen molar-refractivity contribution in [1.29, 1.82) is 0 Å². The quantitative estimate of drug-likeness (QED) is 0.809. The first kappa shape index (κ1) is 15.1. The van der Waals surface area contributed by atoms with E-state index in [1.807, 2.05) is 6.92 Å². The minimum Gasteiger partial charge on any atom is -0.492 e. The average Bonchev–Trinajstić information content (AvgIpc) is 2.39. The molecule has 6 nitrogen and oxygen atoms in total.